The fraction of sp³-hybridized carbons (Fsp3) is 0.286. The van der Waals surface area contributed by atoms with E-state index in [1.807, 2.05) is 13.8 Å². The summed E-state index contributed by atoms with van der Waals surface area (Å²) < 4.78 is 7.42. The van der Waals surface area contributed by atoms with Gasteiger partial charge in [0.2, 0.25) is 5.78 Å². The van der Waals surface area contributed by atoms with Crippen LogP contribution in [0, 0.1) is 0 Å². The molecule has 0 atom stereocenters. The van der Waals surface area contributed by atoms with Gasteiger partial charge in [0.05, 0.1) is 17.8 Å². The Morgan fingerprint density at radius 3 is 2.70 bits per heavy atom. The first-order valence-electron chi connectivity index (χ1n) is 6.17. The van der Waals surface area contributed by atoms with Crippen molar-refractivity contribution in [3.8, 4) is 5.75 Å². The van der Waals surface area contributed by atoms with E-state index >= 15 is 0 Å². The van der Waals surface area contributed by atoms with Crippen LogP contribution in [-0.4, -0.2) is 22.7 Å². The topological polar surface area (TPSA) is 70.1 Å². The predicted molar refractivity (Wildman–Crippen MR) is 81.2 cm³/mol. The van der Waals surface area contributed by atoms with Gasteiger partial charge in [0.1, 0.15) is 11.4 Å². The third kappa shape index (κ3) is 2.56. The summed E-state index contributed by atoms with van der Waals surface area (Å²) in [4.78, 5) is 12.7. The first-order valence-corrected chi connectivity index (χ1v) is 6.96. The maximum Gasteiger partial charge on any atom is 0.214 e. The van der Waals surface area contributed by atoms with E-state index in [-0.39, 0.29) is 11.8 Å². The van der Waals surface area contributed by atoms with Crippen LogP contribution >= 0.6 is 15.9 Å². The minimum Gasteiger partial charge on any atom is -0.497 e. The number of hydrogen-bond acceptors (Lipinski definition) is 4. The molecular formula is C14H16BrN3O2. The Balaban J connectivity index is 2.49. The van der Waals surface area contributed by atoms with Crippen LogP contribution in [0.4, 0.5) is 5.69 Å². The molecule has 0 unspecified atom stereocenters. The van der Waals surface area contributed by atoms with Gasteiger partial charge >= 0.3 is 0 Å². The molecule has 6 heteroatoms. The second-order valence-electron chi connectivity index (χ2n) is 4.66. The van der Waals surface area contributed by atoms with Crippen molar-refractivity contribution in [2.24, 2.45) is 0 Å². The maximum absolute atomic E-state index is 12.7. The van der Waals surface area contributed by atoms with Crippen LogP contribution in [-0.2, 0) is 0 Å². The number of nitrogens with zero attached hydrogens (tertiary/aromatic N) is 2. The molecule has 2 aromatic rings. The number of anilines is 1. The monoisotopic (exact) mass is 337 g/mol. The number of benzene rings is 1. The molecule has 0 amide bonds. The zero-order chi connectivity index (χ0) is 14.9. The number of rotatable bonds is 4. The number of hydrogen-bond donors (Lipinski definition) is 1. The number of carbonyl (C=O) groups excluding carboxylic acids is 1. The number of nitrogens with two attached hydrogens (primary N) is 1. The van der Waals surface area contributed by atoms with Crippen molar-refractivity contribution in [2.75, 3.05) is 12.8 Å². The molecular weight excluding hydrogens is 322 g/mol. The molecule has 1 aromatic carbocycles. The van der Waals surface area contributed by atoms with Crippen molar-refractivity contribution in [2.45, 2.75) is 19.9 Å². The van der Waals surface area contributed by atoms with Crippen molar-refractivity contribution in [1.29, 1.82) is 0 Å². The van der Waals surface area contributed by atoms with Crippen LogP contribution in [0.2, 0.25) is 0 Å². The normalized spacial score (nSPS) is 10.8. The minimum atomic E-state index is -0.164. The zero-order valence-corrected chi connectivity index (χ0v) is 13.1. The fourth-order valence-electron chi connectivity index (χ4n) is 1.95. The average Bonchev–Trinajstić information content (AvgIpc) is 2.79. The largest absolute Gasteiger partial charge is 0.497 e. The highest BCUT2D eigenvalue weighted by molar-refractivity contribution is 9.10. The van der Waals surface area contributed by atoms with Crippen LogP contribution in [0.3, 0.4) is 0 Å². The molecule has 0 fully saturated rings. The number of ketones is 1. The second-order valence-corrected chi connectivity index (χ2v) is 5.52. The lowest BCUT2D eigenvalue weighted by atomic mass is 10.1. The van der Waals surface area contributed by atoms with Gasteiger partial charge < -0.3 is 10.5 Å². The fourth-order valence-corrected chi connectivity index (χ4v) is 2.40. The molecule has 5 nitrogen and oxygen atoms in total. The molecule has 0 aliphatic heterocycles. The van der Waals surface area contributed by atoms with E-state index in [1.165, 1.54) is 0 Å². The van der Waals surface area contributed by atoms with E-state index in [9.17, 15) is 4.79 Å². The first kappa shape index (κ1) is 14.6. The number of methoxy groups -OCH3 is 1. The first-order chi connectivity index (χ1) is 9.45. The number of halogens is 1. The molecule has 1 heterocycles. The van der Waals surface area contributed by atoms with Gasteiger partial charge in [0.15, 0.2) is 0 Å². The molecule has 0 spiro atoms. The number of ether oxygens (including phenoxy) is 1. The number of carbonyl (C=O) groups is 1. The Labute approximate surface area is 125 Å². The van der Waals surface area contributed by atoms with Gasteiger partial charge in [0, 0.05) is 23.4 Å². The maximum atomic E-state index is 12.7. The van der Waals surface area contributed by atoms with Crippen molar-refractivity contribution < 1.29 is 9.53 Å². The third-order valence-electron chi connectivity index (χ3n) is 2.96. The number of aromatic nitrogens is 2. The Morgan fingerprint density at radius 1 is 1.45 bits per heavy atom. The highest BCUT2D eigenvalue weighted by Crippen LogP contribution is 2.27. The van der Waals surface area contributed by atoms with Crippen molar-refractivity contribution in [3.63, 3.8) is 0 Å². The predicted octanol–water partition coefficient (Wildman–Crippen LogP) is 3.05. The molecule has 0 aliphatic carbocycles. The Kier molecular flexibility index (Phi) is 4.13. The lowest BCUT2D eigenvalue weighted by Gasteiger charge is -2.12. The Morgan fingerprint density at radius 2 is 2.15 bits per heavy atom. The van der Waals surface area contributed by atoms with Crippen LogP contribution in [0.5, 0.6) is 5.75 Å². The van der Waals surface area contributed by atoms with E-state index in [1.54, 1.807) is 36.2 Å². The molecule has 2 rings (SSSR count). The van der Waals surface area contributed by atoms with Crippen LogP contribution in [0.25, 0.3) is 0 Å². The van der Waals surface area contributed by atoms with E-state index in [0.717, 1.165) is 0 Å². The van der Waals surface area contributed by atoms with E-state index in [2.05, 4.69) is 21.0 Å². The summed E-state index contributed by atoms with van der Waals surface area (Å²) in [6, 6.07) is 5.10. The average molecular weight is 338 g/mol. The SMILES string of the molecule is COc1ccc(C(=O)c2c(Br)cnn2C(C)C)c(N)c1. The van der Waals surface area contributed by atoms with E-state index in [4.69, 9.17) is 10.5 Å². The van der Waals surface area contributed by atoms with Crippen molar-refractivity contribution >= 4 is 27.4 Å². The highest BCUT2D eigenvalue weighted by atomic mass is 79.9. The minimum absolute atomic E-state index is 0.0831. The van der Waals surface area contributed by atoms with Gasteiger partial charge in [-0.3, -0.25) is 9.48 Å². The molecule has 0 saturated carbocycles. The van der Waals surface area contributed by atoms with Gasteiger partial charge in [-0.25, -0.2) is 0 Å². The number of nitrogen functional groups attached to an aromatic ring is 1. The summed E-state index contributed by atoms with van der Waals surface area (Å²) in [5.41, 5.74) is 7.26. The van der Waals surface area contributed by atoms with Crippen molar-refractivity contribution in [3.05, 3.63) is 40.1 Å². The lowest BCUT2D eigenvalue weighted by molar-refractivity contribution is 0.102. The summed E-state index contributed by atoms with van der Waals surface area (Å²) >= 11 is 3.37. The summed E-state index contributed by atoms with van der Waals surface area (Å²) in [5.74, 6) is 0.457. The molecule has 0 saturated heterocycles. The smallest absolute Gasteiger partial charge is 0.214 e. The molecule has 0 aliphatic rings. The summed E-state index contributed by atoms with van der Waals surface area (Å²) in [7, 11) is 1.56. The third-order valence-corrected chi connectivity index (χ3v) is 3.54. The molecule has 0 radical (unpaired) electrons. The summed E-state index contributed by atoms with van der Waals surface area (Å²) in [6.07, 6.45) is 1.62. The summed E-state index contributed by atoms with van der Waals surface area (Å²) in [6.45, 7) is 3.93. The van der Waals surface area contributed by atoms with Gasteiger partial charge in [-0.05, 0) is 41.9 Å². The molecule has 1 aromatic heterocycles. The van der Waals surface area contributed by atoms with Crippen LogP contribution < -0.4 is 10.5 Å². The zero-order valence-electron chi connectivity index (χ0n) is 11.6. The highest BCUT2D eigenvalue weighted by Gasteiger charge is 2.22. The Bertz CT molecular complexity index is 650. The van der Waals surface area contributed by atoms with E-state index < -0.39 is 0 Å². The molecule has 2 N–H and O–H groups in total. The van der Waals surface area contributed by atoms with Gasteiger partial charge in [-0.1, -0.05) is 0 Å². The van der Waals surface area contributed by atoms with Crippen LogP contribution in [0.15, 0.2) is 28.9 Å². The van der Waals surface area contributed by atoms with Gasteiger partial charge in [-0.2, -0.15) is 5.10 Å². The standard InChI is InChI=1S/C14H16BrN3O2/c1-8(2)18-13(11(15)7-17-18)14(19)10-5-4-9(20-3)6-12(10)16/h4-8H,16H2,1-3H3. The molecule has 0 bridgehead atoms. The summed E-state index contributed by atoms with van der Waals surface area (Å²) in [5, 5.41) is 4.21. The van der Waals surface area contributed by atoms with Crippen molar-refractivity contribution in [1.82, 2.24) is 9.78 Å². The van der Waals surface area contributed by atoms with E-state index in [0.29, 0.717) is 27.2 Å². The molecule has 20 heavy (non-hydrogen) atoms. The quantitative estimate of drug-likeness (QED) is 0.687. The second kappa shape index (κ2) is 5.66. The van der Waals surface area contributed by atoms with Crippen LogP contribution in [0.1, 0.15) is 35.9 Å². The lowest BCUT2D eigenvalue weighted by Crippen LogP contribution is -2.15. The molecule has 106 valence electrons. The van der Waals surface area contributed by atoms with Gasteiger partial charge in [0.25, 0.3) is 0 Å². The Hall–Kier alpha value is -1.82. The van der Waals surface area contributed by atoms with Gasteiger partial charge in [-0.15, -0.1) is 0 Å².